The minimum Gasteiger partial charge on any atom is -0.508 e. The molecule has 2 atom stereocenters. The maximum absolute atomic E-state index is 16.8. The summed E-state index contributed by atoms with van der Waals surface area (Å²) in [5.74, 6) is -0.359. The summed E-state index contributed by atoms with van der Waals surface area (Å²) >= 11 is 6.55. The van der Waals surface area contributed by atoms with Crippen LogP contribution in [0.15, 0.2) is 41.3 Å². The summed E-state index contributed by atoms with van der Waals surface area (Å²) in [7, 11) is 2.01. The van der Waals surface area contributed by atoms with Gasteiger partial charge in [-0.1, -0.05) is 23.7 Å². The van der Waals surface area contributed by atoms with Crippen LogP contribution >= 0.6 is 11.6 Å². The van der Waals surface area contributed by atoms with Gasteiger partial charge >= 0.3 is 5.69 Å². The van der Waals surface area contributed by atoms with Crippen LogP contribution in [0.2, 0.25) is 5.02 Å². The van der Waals surface area contributed by atoms with E-state index in [-0.39, 0.29) is 29.0 Å². The molecule has 9 nitrogen and oxygen atoms in total. The van der Waals surface area contributed by atoms with Crippen LogP contribution in [0.1, 0.15) is 19.3 Å². The van der Waals surface area contributed by atoms with Gasteiger partial charge in [0.2, 0.25) is 0 Å². The second-order valence-corrected chi connectivity index (χ2v) is 11.0. The SMILES string of the molecule is CN1CCC[C@H]1Cn1c(=O)nc(N2CCN[C@@H](CC#N)C2)c2cnc(-c3cc(O)cc4cccc(Cl)c34)c(F)c21. The fourth-order valence-electron chi connectivity index (χ4n) is 6.05. The molecule has 0 amide bonds. The number of anilines is 1. The second kappa shape index (κ2) is 10.7. The molecular weight excluding hydrogens is 533 g/mol. The van der Waals surface area contributed by atoms with Gasteiger partial charge in [0.05, 0.1) is 23.4 Å². The first-order valence-corrected chi connectivity index (χ1v) is 13.8. The maximum atomic E-state index is 16.8. The number of rotatable bonds is 5. The number of aromatic nitrogens is 3. The third-order valence-corrected chi connectivity index (χ3v) is 8.38. The van der Waals surface area contributed by atoms with Crippen LogP contribution in [0.3, 0.4) is 0 Å². The van der Waals surface area contributed by atoms with Crippen LogP contribution in [0, 0.1) is 17.1 Å². The number of likely N-dealkylation sites (tertiary alicyclic amines) is 1. The number of likely N-dealkylation sites (N-methyl/N-ethyl adjacent to an activating group) is 1. The van der Waals surface area contributed by atoms with Crippen LogP contribution in [0.25, 0.3) is 32.9 Å². The molecular formula is C29H29ClFN7O2. The van der Waals surface area contributed by atoms with Gasteiger partial charge in [-0.3, -0.25) is 9.55 Å². The summed E-state index contributed by atoms with van der Waals surface area (Å²) in [6.07, 6.45) is 3.76. The molecule has 6 rings (SSSR count). The van der Waals surface area contributed by atoms with E-state index >= 15 is 4.39 Å². The van der Waals surface area contributed by atoms with Gasteiger partial charge in [0.1, 0.15) is 17.3 Å². The molecule has 2 fully saturated rings. The molecule has 0 saturated carbocycles. The number of nitrogens with zero attached hydrogens (tertiary/aromatic N) is 6. The van der Waals surface area contributed by atoms with Crippen molar-refractivity contribution in [1.29, 1.82) is 5.26 Å². The molecule has 11 heteroatoms. The first-order valence-electron chi connectivity index (χ1n) is 13.4. The minimum absolute atomic E-state index is 0.00533. The molecule has 0 spiro atoms. The number of aromatic hydroxyl groups is 1. The van der Waals surface area contributed by atoms with Gasteiger partial charge in [0.15, 0.2) is 5.82 Å². The topological polar surface area (TPSA) is 110 Å². The van der Waals surface area contributed by atoms with Crippen molar-refractivity contribution in [2.45, 2.75) is 37.9 Å². The van der Waals surface area contributed by atoms with Crippen molar-refractivity contribution in [3.63, 3.8) is 0 Å². The predicted molar refractivity (Wildman–Crippen MR) is 153 cm³/mol. The van der Waals surface area contributed by atoms with Crippen LogP contribution < -0.4 is 15.9 Å². The zero-order chi connectivity index (χ0) is 28.0. The predicted octanol–water partition coefficient (Wildman–Crippen LogP) is 3.90. The number of hydrogen-bond donors (Lipinski definition) is 2. The van der Waals surface area contributed by atoms with Gasteiger partial charge in [0, 0.05) is 60.4 Å². The number of pyridine rings is 1. The zero-order valence-electron chi connectivity index (χ0n) is 22.1. The summed E-state index contributed by atoms with van der Waals surface area (Å²) in [5.41, 5.74) is -0.0759. The Kier molecular flexibility index (Phi) is 7.04. The van der Waals surface area contributed by atoms with Gasteiger partial charge in [-0.2, -0.15) is 10.2 Å². The highest BCUT2D eigenvalue weighted by Gasteiger charge is 2.29. The average Bonchev–Trinajstić information content (AvgIpc) is 3.34. The Hall–Kier alpha value is -3.78. The number of phenolic OH excluding ortho intramolecular Hbond substituents is 1. The fourth-order valence-corrected chi connectivity index (χ4v) is 6.33. The van der Waals surface area contributed by atoms with Crippen LogP contribution in [0.4, 0.5) is 10.2 Å². The van der Waals surface area contributed by atoms with Crippen LogP contribution in [-0.2, 0) is 6.54 Å². The molecule has 4 aromatic rings. The van der Waals surface area contributed by atoms with Crippen molar-refractivity contribution < 1.29 is 9.50 Å². The summed E-state index contributed by atoms with van der Waals surface area (Å²) in [6.45, 7) is 2.82. The van der Waals surface area contributed by atoms with E-state index in [2.05, 4.69) is 26.3 Å². The highest BCUT2D eigenvalue weighted by Crippen LogP contribution is 2.39. The molecule has 0 radical (unpaired) electrons. The minimum atomic E-state index is -0.672. The molecule has 2 N–H and O–H groups in total. The number of nitrogens with one attached hydrogen (secondary N) is 1. The first kappa shape index (κ1) is 26.4. The van der Waals surface area contributed by atoms with E-state index in [0.717, 1.165) is 19.4 Å². The van der Waals surface area contributed by atoms with Gasteiger partial charge < -0.3 is 20.2 Å². The zero-order valence-corrected chi connectivity index (χ0v) is 22.8. The number of piperazine rings is 1. The van der Waals surface area contributed by atoms with Gasteiger partial charge in [-0.25, -0.2) is 9.18 Å². The van der Waals surface area contributed by atoms with Crippen molar-refractivity contribution in [2.24, 2.45) is 0 Å². The highest BCUT2D eigenvalue weighted by atomic mass is 35.5. The fraction of sp³-hybridized carbons (Fsp3) is 0.379. The number of phenols is 1. The monoisotopic (exact) mass is 561 g/mol. The molecule has 0 unspecified atom stereocenters. The molecule has 2 saturated heterocycles. The summed E-state index contributed by atoms with van der Waals surface area (Å²) in [4.78, 5) is 26.7. The van der Waals surface area contributed by atoms with E-state index in [1.165, 1.54) is 10.6 Å². The lowest BCUT2D eigenvalue weighted by molar-refractivity contribution is 0.281. The lowest BCUT2D eigenvalue weighted by atomic mass is 10.00. The Morgan fingerprint density at radius 3 is 2.92 bits per heavy atom. The molecule has 4 heterocycles. The smallest absolute Gasteiger partial charge is 0.350 e. The first-order chi connectivity index (χ1) is 19.4. The van der Waals surface area contributed by atoms with Crippen molar-refractivity contribution in [2.75, 3.05) is 38.1 Å². The van der Waals surface area contributed by atoms with Crippen molar-refractivity contribution in [3.05, 3.63) is 57.9 Å². The van der Waals surface area contributed by atoms with E-state index in [9.17, 15) is 15.2 Å². The molecule has 40 heavy (non-hydrogen) atoms. The standard InChI is InChI=1S/C29H29ClFN7O2/c1-36-10-3-5-19(36)16-38-27-22(28(35-29(38)40)37-11-9-33-18(15-37)7-8-32)14-34-26(25(27)31)21-13-20(39)12-17-4-2-6-23(30)24(17)21/h2,4,6,12-14,18-19,33,39H,3,5,7,9-11,15-16H2,1H3/t18-,19-/m0/s1. The third-order valence-electron chi connectivity index (χ3n) is 8.06. The largest absolute Gasteiger partial charge is 0.508 e. The van der Waals surface area contributed by atoms with Crippen LogP contribution in [-0.4, -0.2) is 69.9 Å². The van der Waals surface area contributed by atoms with E-state index in [0.29, 0.717) is 65.2 Å². The van der Waals surface area contributed by atoms with Gasteiger partial charge in [-0.05, 0) is 50.0 Å². The van der Waals surface area contributed by atoms with E-state index in [1.54, 1.807) is 30.5 Å². The Labute approximate surface area is 235 Å². The van der Waals surface area contributed by atoms with Crippen molar-refractivity contribution >= 4 is 39.1 Å². The molecule has 0 aliphatic carbocycles. The Morgan fingerprint density at radius 1 is 1.30 bits per heavy atom. The van der Waals surface area contributed by atoms with E-state index in [4.69, 9.17) is 11.6 Å². The normalized spacial score (nSPS) is 19.9. The lowest BCUT2D eigenvalue weighted by Gasteiger charge is -2.34. The number of halogens is 2. The molecule has 2 aromatic carbocycles. The summed E-state index contributed by atoms with van der Waals surface area (Å²) in [5, 5.41) is 25.0. The quantitative estimate of drug-likeness (QED) is 0.377. The lowest BCUT2D eigenvalue weighted by Crippen LogP contribution is -2.51. The van der Waals surface area contributed by atoms with Crippen LogP contribution in [0.5, 0.6) is 5.75 Å². The highest BCUT2D eigenvalue weighted by molar-refractivity contribution is 6.36. The summed E-state index contributed by atoms with van der Waals surface area (Å²) in [6, 6.07) is 10.4. The van der Waals surface area contributed by atoms with Gasteiger partial charge in [-0.15, -0.1) is 0 Å². The number of hydrogen-bond acceptors (Lipinski definition) is 8. The molecule has 2 aromatic heterocycles. The summed E-state index contributed by atoms with van der Waals surface area (Å²) < 4.78 is 18.3. The van der Waals surface area contributed by atoms with Crippen molar-refractivity contribution in [1.82, 2.24) is 24.8 Å². The van der Waals surface area contributed by atoms with E-state index < -0.39 is 11.5 Å². The van der Waals surface area contributed by atoms with E-state index in [1.807, 2.05) is 11.9 Å². The number of nitriles is 1. The molecule has 206 valence electrons. The Morgan fingerprint density at radius 2 is 2.15 bits per heavy atom. The maximum Gasteiger partial charge on any atom is 0.350 e. The molecule has 0 bridgehead atoms. The molecule has 2 aliphatic heterocycles. The Bertz CT molecular complexity index is 1720. The molecule has 2 aliphatic rings. The average molecular weight is 562 g/mol. The second-order valence-electron chi connectivity index (χ2n) is 10.6. The van der Waals surface area contributed by atoms with Crippen molar-refractivity contribution in [3.8, 4) is 23.1 Å². The Balaban J connectivity index is 1.59. The number of benzene rings is 2. The number of fused-ring (bicyclic) bond motifs is 2. The third kappa shape index (κ3) is 4.64. The van der Waals surface area contributed by atoms with Gasteiger partial charge in [0.25, 0.3) is 0 Å².